The van der Waals surface area contributed by atoms with E-state index in [1.807, 2.05) is 20.8 Å². The zero-order valence-corrected chi connectivity index (χ0v) is 12.2. The Kier molecular flexibility index (Phi) is 5.10. The number of thioether (sulfide) groups is 1. The van der Waals surface area contributed by atoms with E-state index in [-0.39, 0.29) is 22.6 Å². The van der Waals surface area contributed by atoms with Crippen LogP contribution in [-0.2, 0) is 4.79 Å². The van der Waals surface area contributed by atoms with Crippen molar-refractivity contribution in [2.45, 2.75) is 37.2 Å². The van der Waals surface area contributed by atoms with Crippen molar-refractivity contribution in [1.29, 1.82) is 0 Å². The van der Waals surface area contributed by atoms with Crippen LogP contribution in [0.15, 0.2) is 29.2 Å². The van der Waals surface area contributed by atoms with Crippen molar-refractivity contribution >= 4 is 23.4 Å². The van der Waals surface area contributed by atoms with Gasteiger partial charge in [-0.1, -0.05) is 20.8 Å². The Labute approximate surface area is 120 Å². The van der Waals surface area contributed by atoms with Crippen LogP contribution in [0.2, 0.25) is 0 Å². The molecule has 1 atom stereocenters. The second kappa shape index (κ2) is 6.05. The smallest absolute Gasteiger partial charge is 0.325 e. The number of nitrogens with two attached hydrogens (primary N) is 1. The fourth-order valence-electron chi connectivity index (χ4n) is 1.35. The SMILES string of the molecule is CC(C)(C)[C@H](N)C(=O)Nc1ccc(SC(F)(F)F)cc1. The summed E-state index contributed by atoms with van der Waals surface area (Å²) in [5, 5.41) is 2.58. The van der Waals surface area contributed by atoms with Crippen LogP contribution in [0.1, 0.15) is 20.8 Å². The number of nitrogens with one attached hydrogen (secondary N) is 1. The molecule has 1 aromatic carbocycles. The van der Waals surface area contributed by atoms with Gasteiger partial charge in [0.05, 0.1) is 6.04 Å². The fraction of sp³-hybridized carbons (Fsp3) is 0.462. The molecule has 0 aliphatic heterocycles. The Morgan fingerprint density at radius 3 is 2.10 bits per heavy atom. The quantitative estimate of drug-likeness (QED) is 0.839. The Bertz CT molecular complexity index is 466. The molecule has 0 aliphatic rings. The normalized spacial score (nSPS) is 13.9. The van der Waals surface area contributed by atoms with E-state index in [4.69, 9.17) is 5.73 Å². The van der Waals surface area contributed by atoms with Crippen molar-refractivity contribution in [3.8, 4) is 0 Å². The molecule has 7 heteroatoms. The van der Waals surface area contributed by atoms with Crippen molar-refractivity contribution in [2.24, 2.45) is 11.1 Å². The lowest BCUT2D eigenvalue weighted by Crippen LogP contribution is -2.45. The second-order valence-corrected chi connectivity index (χ2v) is 6.54. The predicted octanol–water partition coefficient (Wildman–Crippen LogP) is 3.61. The van der Waals surface area contributed by atoms with E-state index < -0.39 is 17.0 Å². The number of alkyl halides is 3. The molecular formula is C13H17F3N2OS. The molecule has 1 aromatic rings. The molecule has 3 N–H and O–H groups in total. The van der Waals surface area contributed by atoms with Gasteiger partial charge in [-0.2, -0.15) is 13.2 Å². The summed E-state index contributed by atoms with van der Waals surface area (Å²) in [5.74, 6) is -0.367. The van der Waals surface area contributed by atoms with E-state index >= 15 is 0 Å². The lowest BCUT2D eigenvalue weighted by atomic mass is 9.87. The third-order valence-corrected chi connectivity index (χ3v) is 3.31. The van der Waals surface area contributed by atoms with Gasteiger partial charge in [0.2, 0.25) is 5.91 Å². The first-order valence-corrected chi connectivity index (χ1v) is 6.73. The Balaban J connectivity index is 2.69. The number of rotatable bonds is 3. The summed E-state index contributed by atoms with van der Waals surface area (Å²) in [7, 11) is 0. The first-order valence-electron chi connectivity index (χ1n) is 5.91. The first-order chi connectivity index (χ1) is 8.99. The number of carbonyl (C=O) groups is 1. The van der Waals surface area contributed by atoms with E-state index in [9.17, 15) is 18.0 Å². The van der Waals surface area contributed by atoms with E-state index in [1.54, 1.807) is 0 Å². The molecule has 1 amide bonds. The molecule has 0 aromatic heterocycles. The van der Waals surface area contributed by atoms with Crippen LogP contribution in [0.4, 0.5) is 18.9 Å². The predicted molar refractivity (Wildman–Crippen MR) is 74.4 cm³/mol. The lowest BCUT2D eigenvalue weighted by Gasteiger charge is -2.25. The maximum atomic E-state index is 12.2. The van der Waals surface area contributed by atoms with Crippen LogP contribution in [0.3, 0.4) is 0 Å². The third-order valence-electron chi connectivity index (χ3n) is 2.57. The molecule has 0 unspecified atom stereocenters. The zero-order chi connectivity index (χ0) is 15.6. The van der Waals surface area contributed by atoms with Gasteiger partial charge in [-0.15, -0.1) is 0 Å². The first kappa shape index (κ1) is 16.8. The molecule has 0 bridgehead atoms. The van der Waals surface area contributed by atoms with Gasteiger partial charge in [-0.05, 0) is 41.4 Å². The van der Waals surface area contributed by atoms with Crippen molar-refractivity contribution in [1.82, 2.24) is 0 Å². The van der Waals surface area contributed by atoms with Gasteiger partial charge in [0.1, 0.15) is 0 Å². The van der Waals surface area contributed by atoms with Crippen molar-refractivity contribution in [3.05, 3.63) is 24.3 Å². The van der Waals surface area contributed by atoms with E-state index in [1.165, 1.54) is 24.3 Å². The summed E-state index contributed by atoms with van der Waals surface area (Å²) in [6.07, 6.45) is 0. The highest BCUT2D eigenvalue weighted by Gasteiger charge is 2.29. The van der Waals surface area contributed by atoms with Crippen LogP contribution < -0.4 is 11.1 Å². The van der Waals surface area contributed by atoms with E-state index in [0.29, 0.717) is 5.69 Å². The van der Waals surface area contributed by atoms with Gasteiger partial charge < -0.3 is 11.1 Å². The number of anilines is 1. The maximum Gasteiger partial charge on any atom is 0.446 e. The van der Waals surface area contributed by atoms with Crippen LogP contribution >= 0.6 is 11.8 Å². The zero-order valence-electron chi connectivity index (χ0n) is 11.4. The summed E-state index contributed by atoms with van der Waals surface area (Å²) in [6, 6.07) is 4.74. The van der Waals surface area contributed by atoms with Gasteiger partial charge in [0.25, 0.3) is 0 Å². The minimum absolute atomic E-state index is 0.0654. The summed E-state index contributed by atoms with van der Waals surface area (Å²) in [6.45, 7) is 5.50. The van der Waals surface area contributed by atoms with Crippen molar-refractivity contribution < 1.29 is 18.0 Å². The maximum absolute atomic E-state index is 12.2. The van der Waals surface area contributed by atoms with Crippen LogP contribution in [0.5, 0.6) is 0 Å². The van der Waals surface area contributed by atoms with Gasteiger partial charge >= 0.3 is 5.51 Å². The molecule has 1 rings (SSSR count). The number of hydrogen-bond donors (Lipinski definition) is 2. The molecule has 20 heavy (non-hydrogen) atoms. The largest absolute Gasteiger partial charge is 0.446 e. The van der Waals surface area contributed by atoms with Crippen LogP contribution in [0.25, 0.3) is 0 Å². The van der Waals surface area contributed by atoms with Gasteiger partial charge in [-0.25, -0.2) is 0 Å². The summed E-state index contributed by atoms with van der Waals surface area (Å²) < 4.78 is 36.5. The molecule has 0 radical (unpaired) electrons. The van der Waals surface area contributed by atoms with E-state index in [2.05, 4.69) is 5.32 Å². The average molecular weight is 306 g/mol. The molecule has 3 nitrogen and oxygen atoms in total. The average Bonchev–Trinajstić information content (AvgIpc) is 2.27. The lowest BCUT2D eigenvalue weighted by molar-refractivity contribution is -0.119. The van der Waals surface area contributed by atoms with Gasteiger partial charge in [-0.3, -0.25) is 4.79 Å². The Morgan fingerprint density at radius 1 is 1.20 bits per heavy atom. The third kappa shape index (κ3) is 5.42. The number of halogens is 3. The van der Waals surface area contributed by atoms with Gasteiger partial charge in [0, 0.05) is 10.6 Å². The molecule has 0 aliphatic carbocycles. The van der Waals surface area contributed by atoms with Crippen LogP contribution in [-0.4, -0.2) is 17.5 Å². The molecular weight excluding hydrogens is 289 g/mol. The minimum atomic E-state index is -4.32. The Hall–Kier alpha value is -1.21. The summed E-state index contributed by atoms with van der Waals surface area (Å²) >= 11 is -0.199. The molecule has 0 saturated heterocycles. The number of amides is 1. The highest BCUT2D eigenvalue weighted by atomic mass is 32.2. The van der Waals surface area contributed by atoms with E-state index in [0.717, 1.165) is 0 Å². The standard InChI is InChI=1S/C13H17F3N2OS/c1-12(2,3)10(17)11(19)18-8-4-6-9(7-5-8)20-13(14,15)16/h4-7,10H,17H2,1-3H3,(H,18,19)/t10-/m1/s1. The number of benzene rings is 1. The highest BCUT2D eigenvalue weighted by molar-refractivity contribution is 8.00. The van der Waals surface area contributed by atoms with Crippen molar-refractivity contribution in [3.63, 3.8) is 0 Å². The number of hydrogen-bond acceptors (Lipinski definition) is 3. The molecule has 0 fully saturated rings. The second-order valence-electron chi connectivity index (χ2n) is 5.41. The van der Waals surface area contributed by atoms with Crippen molar-refractivity contribution in [2.75, 3.05) is 5.32 Å². The molecule has 0 saturated carbocycles. The topological polar surface area (TPSA) is 55.1 Å². The highest BCUT2D eigenvalue weighted by Crippen LogP contribution is 2.37. The molecule has 0 spiro atoms. The van der Waals surface area contributed by atoms with Gasteiger partial charge in [0.15, 0.2) is 0 Å². The molecule has 0 heterocycles. The fourth-order valence-corrected chi connectivity index (χ4v) is 1.89. The monoisotopic (exact) mass is 306 g/mol. The Morgan fingerprint density at radius 2 is 1.70 bits per heavy atom. The minimum Gasteiger partial charge on any atom is -0.325 e. The van der Waals surface area contributed by atoms with Crippen LogP contribution in [0, 0.1) is 5.41 Å². The number of carbonyl (C=O) groups excluding carboxylic acids is 1. The molecule has 112 valence electrons. The summed E-state index contributed by atoms with van der Waals surface area (Å²) in [4.78, 5) is 11.9. The summed E-state index contributed by atoms with van der Waals surface area (Å²) in [5.41, 5.74) is 1.50.